The highest BCUT2D eigenvalue weighted by atomic mass is 16.5. The largest absolute Gasteiger partial charge is 0.494 e. The highest BCUT2D eigenvalue weighted by Gasteiger charge is 2.14. The molecule has 1 aromatic rings. The molecule has 0 fully saturated rings. The molecule has 0 bridgehead atoms. The molecule has 4 N–H and O–H groups in total. The van der Waals surface area contributed by atoms with Gasteiger partial charge in [-0.25, -0.2) is 0 Å². The summed E-state index contributed by atoms with van der Waals surface area (Å²) < 4.78 is 5.52. The van der Waals surface area contributed by atoms with E-state index >= 15 is 0 Å². The second-order valence-corrected chi connectivity index (χ2v) is 5.59. The first-order valence-electron chi connectivity index (χ1n) is 6.61. The Labute approximate surface area is 111 Å². The molecular formula is C15H26N2O. The third-order valence-corrected chi connectivity index (χ3v) is 3.03. The van der Waals surface area contributed by atoms with Gasteiger partial charge >= 0.3 is 0 Å². The first-order chi connectivity index (χ1) is 8.33. The van der Waals surface area contributed by atoms with Crippen molar-refractivity contribution in [1.82, 2.24) is 0 Å². The van der Waals surface area contributed by atoms with Gasteiger partial charge in [0.1, 0.15) is 5.75 Å². The number of benzene rings is 1. The Morgan fingerprint density at radius 3 is 2.50 bits per heavy atom. The Morgan fingerprint density at radius 2 is 2.00 bits per heavy atom. The fourth-order valence-corrected chi connectivity index (χ4v) is 1.91. The van der Waals surface area contributed by atoms with E-state index in [1.165, 1.54) is 0 Å². The van der Waals surface area contributed by atoms with Crippen molar-refractivity contribution in [2.45, 2.75) is 52.1 Å². The van der Waals surface area contributed by atoms with E-state index in [-0.39, 0.29) is 11.6 Å². The molecule has 1 unspecified atom stereocenters. The zero-order valence-electron chi connectivity index (χ0n) is 12.0. The fraction of sp³-hybridized carbons (Fsp3) is 0.600. The summed E-state index contributed by atoms with van der Waals surface area (Å²) in [7, 11) is 0. The normalized spacial score (nSPS) is 13.4. The Balaban J connectivity index is 2.69. The first kappa shape index (κ1) is 15.0. The van der Waals surface area contributed by atoms with Crippen LogP contribution in [0.4, 0.5) is 0 Å². The van der Waals surface area contributed by atoms with Gasteiger partial charge in [0.15, 0.2) is 0 Å². The molecule has 1 rings (SSSR count). The van der Waals surface area contributed by atoms with Crippen LogP contribution in [0, 0.1) is 6.92 Å². The van der Waals surface area contributed by atoms with Crippen molar-refractivity contribution < 1.29 is 4.74 Å². The van der Waals surface area contributed by atoms with Gasteiger partial charge in [-0.1, -0.05) is 12.1 Å². The summed E-state index contributed by atoms with van der Waals surface area (Å²) in [6.45, 7) is 8.79. The smallest absolute Gasteiger partial charge is 0.122 e. The van der Waals surface area contributed by atoms with Crippen molar-refractivity contribution >= 4 is 0 Å². The summed E-state index contributed by atoms with van der Waals surface area (Å²) in [6, 6.07) is 6.20. The monoisotopic (exact) mass is 250 g/mol. The quantitative estimate of drug-likeness (QED) is 0.816. The highest BCUT2D eigenvalue weighted by molar-refractivity contribution is 5.37. The van der Waals surface area contributed by atoms with Gasteiger partial charge < -0.3 is 16.2 Å². The lowest BCUT2D eigenvalue weighted by Gasteiger charge is -2.21. The lowest BCUT2D eigenvalue weighted by Crippen LogP contribution is -2.32. The molecule has 0 heterocycles. The summed E-state index contributed by atoms with van der Waals surface area (Å²) in [4.78, 5) is 0. The number of rotatable bonds is 6. The second-order valence-electron chi connectivity index (χ2n) is 5.59. The minimum Gasteiger partial charge on any atom is -0.494 e. The molecule has 0 aliphatic heterocycles. The van der Waals surface area contributed by atoms with Gasteiger partial charge in [0.25, 0.3) is 0 Å². The third-order valence-electron chi connectivity index (χ3n) is 3.03. The predicted molar refractivity (Wildman–Crippen MR) is 76.8 cm³/mol. The molecular weight excluding hydrogens is 224 g/mol. The Kier molecular flexibility index (Phi) is 5.17. The van der Waals surface area contributed by atoms with E-state index in [9.17, 15) is 0 Å². The average molecular weight is 250 g/mol. The van der Waals surface area contributed by atoms with E-state index in [2.05, 4.69) is 6.07 Å². The zero-order valence-corrected chi connectivity index (χ0v) is 12.0. The van der Waals surface area contributed by atoms with Crippen LogP contribution in [0.2, 0.25) is 0 Å². The van der Waals surface area contributed by atoms with Gasteiger partial charge in [0.2, 0.25) is 0 Å². The van der Waals surface area contributed by atoms with Crippen molar-refractivity contribution in [2.75, 3.05) is 6.61 Å². The van der Waals surface area contributed by atoms with Gasteiger partial charge in [-0.2, -0.15) is 0 Å². The molecule has 3 nitrogen and oxygen atoms in total. The van der Waals surface area contributed by atoms with E-state index in [1.54, 1.807) is 0 Å². The summed E-state index contributed by atoms with van der Waals surface area (Å²) in [5.41, 5.74) is 14.3. The van der Waals surface area contributed by atoms with Crippen LogP contribution in [0.3, 0.4) is 0 Å². The number of hydrogen-bond acceptors (Lipinski definition) is 3. The average Bonchev–Trinajstić information content (AvgIpc) is 2.28. The van der Waals surface area contributed by atoms with E-state index in [0.717, 1.165) is 29.7 Å². The summed E-state index contributed by atoms with van der Waals surface area (Å²) in [6.07, 6.45) is 1.82. The van der Waals surface area contributed by atoms with Crippen LogP contribution in [0.5, 0.6) is 5.75 Å². The van der Waals surface area contributed by atoms with Crippen LogP contribution in [0.15, 0.2) is 18.2 Å². The number of aryl methyl sites for hydroxylation is 1. The third kappa shape index (κ3) is 4.67. The Morgan fingerprint density at radius 1 is 1.33 bits per heavy atom. The Hall–Kier alpha value is -1.06. The van der Waals surface area contributed by atoms with Crippen LogP contribution in [0.1, 0.15) is 50.8 Å². The molecule has 1 aromatic carbocycles. The molecule has 0 amide bonds. The van der Waals surface area contributed by atoms with Crippen molar-refractivity contribution in [3.05, 3.63) is 29.3 Å². The molecule has 18 heavy (non-hydrogen) atoms. The van der Waals surface area contributed by atoms with Crippen molar-refractivity contribution in [2.24, 2.45) is 11.5 Å². The maximum atomic E-state index is 6.20. The van der Waals surface area contributed by atoms with Crippen LogP contribution in [0.25, 0.3) is 0 Å². The summed E-state index contributed by atoms with van der Waals surface area (Å²) in [5, 5.41) is 0. The minimum absolute atomic E-state index is 0.0437. The minimum atomic E-state index is -0.155. The van der Waals surface area contributed by atoms with Crippen LogP contribution < -0.4 is 16.2 Å². The Bertz CT molecular complexity index is 383. The zero-order chi connectivity index (χ0) is 13.8. The molecule has 0 aliphatic carbocycles. The molecule has 0 radical (unpaired) electrons. The van der Waals surface area contributed by atoms with E-state index in [1.807, 2.05) is 39.8 Å². The van der Waals surface area contributed by atoms with E-state index in [0.29, 0.717) is 6.61 Å². The summed E-state index contributed by atoms with van der Waals surface area (Å²) >= 11 is 0. The van der Waals surface area contributed by atoms with Gasteiger partial charge in [-0.05, 0) is 57.7 Å². The maximum absolute atomic E-state index is 6.20. The van der Waals surface area contributed by atoms with Crippen molar-refractivity contribution in [3.8, 4) is 5.75 Å². The van der Waals surface area contributed by atoms with Gasteiger partial charge in [-0.15, -0.1) is 0 Å². The number of hydrogen-bond donors (Lipinski definition) is 2. The maximum Gasteiger partial charge on any atom is 0.122 e. The van der Waals surface area contributed by atoms with Gasteiger partial charge in [0, 0.05) is 11.6 Å². The van der Waals surface area contributed by atoms with Crippen LogP contribution >= 0.6 is 0 Å². The number of ether oxygens (including phenoxy) is 1. The highest BCUT2D eigenvalue weighted by Crippen LogP contribution is 2.25. The van der Waals surface area contributed by atoms with Crippen LogP contribution in [-0.2, 0) is 0 Å². The molecule has 1 atom stereocenters. The SMILES string of the molecule is CCOc1ccc(C(N)CCC(C)(C)N)cc1C. The van der Waals surface area contributed by atoms with Crippen molar-refractivity contribution in [1.29, 1.82) is 0 Å². The fourth-order valence-electron chi connectivity index (χ4n) is 1.91. The second kappa shape index (κ2) is 6.21. The van der Waals surface area contributed by atoms with Gasteiger partial charge in [-0.3, -0.25) is 0 Å². The lowest BCUT2D eigenvalue weighted by molar-refractivity contribution is 0.337. The molecule has 0 spiro atoms. The predicted octanol–water partition coefficient (Wildman–Crippen LogP) is 2.91. The van der Waals surface area contributed by atoms with E-state index < -0.39 is 0 Å². The topological polar surface area (TPSA) is 61.3 Å². The first-order valence-corrected chi connectivity index (χ1v) is 6.61. The lowest BCUT2D eigenvalue weighted by atomic mass is 9.93. The molecule has 3 heteroatoms. The molecule has 0 saturated heterocycles. The molecule has 0 saturated carbocycles. The van der Waals surface area contributed by atoms with Gasteiger partial charge in [0.05, 0.1) is 6.61 Å². The van der Waals surface area contributed by atoms with Crippen molar-refractivity contribution in [3.63, 3.8) is 0 Å². The van der Waals surface area contributed by atoms with E-state index in [4.69, 9.17) is 16.2 Å². The summed E-state index contributed by atoms with van der Waals surface area (Å²) in [5.74, 6) is 0.938. The molecule has 0 aliphatic rings. The molecule has 0 aromatic heterocycles. The number of nitrogens with two attached hydrogens (primary N) is 2. The van der Waals surface area contributed by atoms with Crippen LogP contribution in [-0.4, -0.2) is 12.1 Å². The standard InChI is InChI=1S/C15H26N2O/c1-5-18-14-7-6-12(10-11(14)2)13(16)8-9-15(3,4)17/h6-7,10,13H,5,8-9,16-17H2,1-4H3. The molecule has 102 valence electrons.